The summed E-state index contributed by atoms with van der Waals surface area (Å²) in [6, 6.07) is 23.2. The monoisotopic (exact) mass is 591 g/mol. The van der Waals surface area contributed by atoms with Crippen LogP contribution < -0.4 is 14.4 Å². The van der Waals surface area contributed by atoms with E-state index in [9.17, 15) is 18.0 Å². The zero-order chi connectivity index (χ0) is 30.1. The number of carbonyl (C=O) groups is 2. The van der Waals surface area contributed by atoms with Crippen LogP contribution in [-0.4, -0.2) is 56.6 Å². The second-order valence-corrected chi connectivity index (χ2v) is 12.8. The van der Waals surface area contributed by atoms with E-state index in [-0.39, 0.29) is 18.5 Å². The lowest BCUT2D eigenvalue weighted by Gasteiger charge is -2.34. The lowest BCUT2D eigenvalue weighted by molar-refractivity contribution is -0.140. The van der Waals surface area contributed by atoms with E-state index < -0.39 is 28.5 Å². The molecule has 1 N–H and O–H groups in total. The van der Waals surface area contributed by atoms with Crippen LogP contribution in [0.5, 0.6) is 5.75 Å². The van der Waals surface area contributed by atoms with Crippen LogP contribution in [0.3, 0.4) is 0 Å². The SMILES string of the molecule is CCOc1ccc(N(CC(=O)N(Cc2cccc(C)c2)C(Cc2ccccc2)C(=O)NC2CCCC2)S(C)(=O)=O)cc1. The summed E-state index contributed by atoms with van der Waals surface area (Å²) in [5.41, 5.74) is 3.15. The lowest BCUT2D eigenvalue weighted by atomic mass is 10.0. The van der Waals surface area contributed by atoms with Crippen molar-refractivity contribution in [3.8, 4) is 5.75 Å². The van der Waals surface area contributed by atoms with Gasteiger partial charge in [0.25, 0.3) is 0 Å². The fraction of sp³-hybridized carbons (Fsp3) is 0.394. The number of ether oxygens (including phenoxy) is 1. The normalized spacial score (nSPS) is 14.3. The molecule has 2 amide bonds. The molecule has 0 aromatic heterocycles. The molecule has 42 heavy (non-hydrogen) atoms. The van der Waals surface area contributed by atoms with Crippen molar-refractivity contribution >= 4 is 27.5 Å². The average molecular weight is 592 g/mol. The van der Waals surface area contributed by atoms with Gasteiger partial charge in [-0.15, -0.1) is 0 Å². The number of hydrogen-bond donors (Lipinski definition) is 1. The summed E-state index contributed by atoms with van der Waals surface area (Å²) in [6.07, 6.45) is 5.33. The number of sulfonamides is 1. The number of benzene rings is 3. The van der Waals surface area contributed by atoms with E-state index in [1.54, 1.807) is 29.2 Å². The number of rotatable bonds is 13. The molecule has 1 atom stereocenters. The number of nitrogens with zero attached hydrogens (tertiary/aromatic N) is 2. The summed E-state index contributed by atoms with van der Waals surface area (Å²) < 4.78 is 32.5. The van der Waals surface area contributed by atoms with Crippen molar-refractivity contribution < 1.29 is 22.7 Å². The third kappa shape index (κ3) is 8.58. The second-order valence-electron chi connectivity index (χ2n) is 10.9. The van der Waals surface area contributed by atoms with Gasteiger partial charge in [-0.05, 0) is 62.1 Å². The highest BCUT2D eigenvalue weighted by Crippen LogP contribution is 2.24. The Labute approximate surface area is 249 Å². The van der Waals surface area contributed by atoms with Crippen molar-refractivity contribution in [1.82, 2.24) is 10.2 Å². The average Bonchev–Trinajstić information content (AvgIpc) is 3.47. The largest absolute Gasteiger partial charge is 0.494 e. The molecule has 0 aliphatic heterocycles. The summed E-state index contributed by atoms with van der Waals surface area (Å²) in [5, 5.41) is 3.19. The molecule has 1 aliphatic carbocycles. The predicted octanol–water partition coefficient (Wildman–Crippen LogP) is 4.86. The van der Waals surface area contributed by atoms with Crippen LogP contribution in [0, 0.1) is 6.92 Å². The van der Waals surface area contributed by atoms with Gasteiger partial charge >= 0.3 is 0 Å². The lowest BCUT2D eigenvalue weighted by Crippen LogP contribution is -2.54. The van der Waals surface area contributed by atoms with Gasteiger partial charge in [0, 0.05) is 19.0 Å². The van der Waals surface area contributed by atoms with Crippen LogP contribution >= 0.6 is 0 Å². The molecule has 224 valence electrons. The number of carbonyl (C=O) groups excluding carboxylic acids is 2. The van der Waals surface area contributed by atoms with Crippen molar-refractivity contribution in [2.45, 2.75) is 64.6 Å². The molecule has 0 bridgehead atoms. The Balaban J connectivity index is 1.70. The number of hydrogen-bond acceptors (Lipinski definition) is 5. The minimum atomic E-state index is -3.83. The molecule has 9 heteroatoms. The van der Waals surface area contributed by atoms with Gasteiger partial charge in [0.1, 0.15) is 18.3 Å². The number of nitrogens with one attached hydrogen (secondary N) is 1. The molecule has 0 heterocycles. The Morgan fingerprint density at radius 3 is 2.24 bits per heavy atom. The van der Waals surface area contributed by atoms with Crippen LogP contribution in [0.4, 0.5) is 5.69 Å². The Morgan fingerprint density at radius 1 is 0.952 bits per heavy atom. The fourth-order valence-corrected chi connectivity index (χ4v) is 6.27. The smallest absolute Gasteiger partial charge is 0.244 e. The van der Waals surface area contributed by atoms with E-state index in [2.05, 4.69) is 5.32 Å². The first-order valence-corrected chi connectivity index (χ1v) is 16.4. The van der Waals surface area contributed by atoms with Crippen LogP contribution in [0.15, 0.2) is 78.9 Å². The van der Waals surface area contributed by atoms with E-state index in [1.165, 1.54) is 0 Å². The molecule has 0 spiro atoms. The summed E-state index contributed by atoms with van der Waals surface area (Å²) in [5.74, 6) is -0.0781. The van der Waals surface area contributed by atoms with Crippen molar-refractivity contribution in [3.05, 3.63) is 95.6 Å². The predicted molar refractivity (Wildman–Crippen MR) is 166 cm³/mol. The topological polar surface area (TPSA) is 96.0 Å². The minimum Gasteiger partial charge on any atom is -0.494 e. The highest BCUT2D eigenvalue weighted by molar-refractivity contribution is 7.92. The zero-order valence-electron chi connectivity index (χ0n) is 24.7. The fourth-order valence-electron chi connectivity index (χ4n) is 5.42. The van der Waals surface area contributed by atoms with Gasteiger partial charge in [-0.2, -0.15) is 0 Å². The molecule has 8 nitrogen and oxygen atoms in total. The van der Waals surface area contributed by atoms with Gasteiger partial charge in [0.2, 0.25) is 21.8 Å². The first-order chi connectivity index (χ1) is 20.1. The zero-order valence-corrected chi connectivity index (χ0v) is 25.5. The van der Waals surface area contributed by atoms with Crippen LogP contribution in [0.25, 0.3) is 0 Å². The van der Waals surface area contributed by atoms with Gasteiger partial charge in [-0.25, -0.2) is 8.42 Å². The molecule has 3 aromatic carbocycles. The number of anilines is 1. The first-order valence-electron chi connectivity index (χ1n) is 14.5. The van der Waals surface area contributed by atoms with Crippen molar-refractivity contribution in [1.29, 1.82) is 0 Å². The van der Waals surface area contributed by atoms with Crippen LogP contribution in [0.1, 0.15) is 49.3 Å². The molecule has 1 fully saturated rings. The van der Waals surface area contributed by atoms with Crippen molar-refractivity contribution in [2.24, 2.45) is 0 Å². The Kier molecular flexibility index (Phi) is 10.6. The van der Waals surface area contributed by atoms with Gasteiger partial charge in [0.05, 0.1) is 18.6 Å². The highest BCUT2D eigenvalue weighted by atomic mass is 32.2. The molecule has 4 rings (SSSR count). The van der Waals surface area contributed by atoms with E-state index in [1.807, 2.05) is 68.4 Å². The molecule has 1 unspecified atom stereocenters. The van der Waals surface area contributed by atoms with Gasteiger partial charge in [-0.1, -0.05) is 73.0 Å². The molecule has 1 aliphatic rings. The molecular weight excluding hydrogens is 550 g/mol. The van der Waals surface area contributed by atoms with E-state index in [0.717, 1.165) is 52.9 Å². The van der Waals surface area contributed by atoms with Gasteiger partial charge < -0.3 is 15.0 Å². The van der Waals surface area contributed by atoms with E-state index in [4.69, 9.17) is 4.74 Å². The van der Waals surface area contributed by atoms with Gasteiger partial charge in [0.15, 0.2) is 0 Å². The van der Waals surface area contributed by atoms with E-state index in [0.29, 0.717) is 24.5 Å². The van der Waals surface area contributed by atoms with E-state index >= 15 is 0 Å². The molecule has 0 radical (unpaired) electrons. The maximum Gasteiger partial charge on any atom is 0.244 e. The highest BCUT2D eigenvalue weighted by Gasteiger charge is 2.34. The summed E-state index contributed by atoms with van der Waals surface area (Å²) in [6.45, 7) is 4.04. The molecular formula is C33H41N3O5S. The Hall–Kier alpha value is -3.85. The summed E-state index contributed by atoms with van der Waals surface area (Å²) >= 11 is 0. The van der Waals surface area contributed by atoms with Crippen molar-refractivity contribution in [2.75, 3.05) is 23.7 Å². The molecule has 1 saturated carbocycles. The first kappa shape index (κ1) is 31.1. The second kappa shape index (κ2) is 14.4. The molecule has 0 saturated heterocycles. The minimum absolute atomic E-state index is 0.0723. The Morgan fingerprint density at radius 2 is 1.62 bits per heavy atom. The van der Waals surface area contributed by atoms with Crippen LogP contribution in [0.2, 0.25) is 0 Å². The standard InChI is InChI=1S/C33H41N3O5S/c1-4-41-30-19-17-29(18-20-30)36(42(3,39)40)24-32(37)35(23-27-14-10-11-25(2)21-27)31(22-26-12-6-5-7-13-26)33(38)34-28-15-8-9-16-28/h5-7,10-14,17-21,28,31H,4,8-9,15-16,22-24H2,1-3H3,(H,34,38). The molecule has 3 aromatic rings. The number of amides is 2. The maximum atomic E-state index is 14.2. The third-order valence-electron chi connectivity index (χ3n) is 7.52. The third-order valence-corrected chi connectivity index (χ3v) is 8.66. The quantitative estimate of drug-likeness (QED) is 0.306. The number of aryl methyl sites for hydroxylation is 1. The van der Waals surface area contributed by atoms with Crippen molar-refractivity contribution in [3.63, 3.8) is 0 Å². The summed E-state index contributed by atoms with van der Waals surface area (Å²) in [7, 11) is -3.83. The Bertz CT molecular complexity index is 1440. The maximum absolute atomic E-state index is 14.2. The summed E-state index contributed by atoms with van der Waals surface area (Å²) in [4.78, 5) is 29.7. The van der Waals surface area contributed by atoms with Crippen LogP contribution in [-0.2, 0) is 32.6 Å². The van der Waals surface area contributed by atoms with Gasteiger partial charge in [-0.3, -0.25) is 13.9 Å².